The maximum atomic E-state index is 13.5. The summed E-state index contributed by atoms with van der Waals surface area (Å²) < 4.78 is 24.4. The second-order valence-corrected chi connectivity index (χ2v) is 4.19. The van der Waals surface area contributed by atoms with Gasteiger partial charge in [0.1, 0.15) is 16.7 Å². The number of aromatic nitrogens is 1. The Labute approximate surface area is 106 Å². The number of morpholine rings is 1. The van der Waals surface area contributed by atoms with Gasteiger partial charge in [0, 0.05) is 13.1 Å². The van der Waals surface area contributed by atoms with Crippen molar-refractivity contribution in [2.75, 3.05) is 26.3 Å². The van der Waals surface area contributed by atoms with Crippen molar-refractivity contribution in [2.24, 2.45) is 0 Å². The van der Waals surface area contributed by atoms with Crippen LogP contribution in [-0.2, 0) is 4.74 Å². The zero-order valence-electron chi connectivity index (χ0n) is 9.97. The lowest BCUT2D eigenvalue weighted by Gasteiger charge is -2.26. The number of benzene rings is 1. The minimum atomic E-state index is -0.852. The number of fused-ring (bicyclic) bond motifs is 1. The molecule has 0 saturated carbocycles. The molecular formula is C12H11FN2O4. The van der Waals surface area contributed by atoms with Gasteiger partial charge < -0.3 is 14.2 Å². The first kappa shape index (κ1) is 11.9. The summed E-state index contributed by atoms with van der Waals surface area (Å²) in [6, 6.07) is 3.57. The summed E-state index contributed by atoms with van der Waals surface area (Å²) in [4.78, 5) is 25.3. The summed E-state index contributed by atoms with van der Waals surface area (Å²) in [7, 11) is 0. The molecule has 0 unspecified atom stereocenters. The highest BCUT2D eigenvalue weighted by Crippen LogP contribution is 2.16. The van der Waals surface area contributed by atoms with Crippen LogP contribution in [0.2, 0.25) is 0 Å². The van der Waals surface area contributed by atoms with Crippen molar-refractivity contribution < 1.29 is 18.4 Å². The molecule has 0 aliphatic carbocycles. The average Bonchev–Trinajstić information content (AvgIpc) is 2.78. The van der Waals surface area contributed by atoms with Gasteiger partial charge in [0.25, 0.3) is 0 Å². The van der Waals surface area contributed by atoms with Gasteiger partial charge in [0.2, 0.25) is 0 Å². The van der Waals surface area contributed by atoms with Crippen molar-refractivity contribution >= 4 is 16.9 Å². The number of nitrogens with zero attached hydrogens (tertiary/aromatic N) is 2. The quantitative estimate of drug-likeness (QED) is 0.714. The average molecular weight is 266 g/mol. The molecule has 0 radical (unpaired) electrons. The van der Waals surface area contributed by atoms with Crippen LogP contribution in [0.3, 0.4) is 0 Å². The fourth-order valence-electron chi connectivity index (χ4n) is 2.09. The number of halogens is 1. The molecule has 3 rings (SSSR count). The summed E-state index contributed by atoms with van der Waals surface area (Å²) in [5, 5.41) is -0.205. The Kier molecular flexibility index (Phi) is 2.83. The zero-order valence-corrected chi connectivity index (χ0v) is 9.97. The molecule has 7 heteroatoms. The largest absolute Gasteiger partial charge is 0.378 e. The van der Waals surface area contributed by atoms with Gasteiger partial charge in [0.15, 0.2) is 0 Å². The molecule has 1 aliphatic heterocycles. The molecule has 1 aromatic heterocycles. The summed E-state index contributed by atoms with van der Waals surface area (Å²) in [6.45, 7) is 1.70. The van der Waals surface area contributed by atoms with Crippen LogP contribution in [0.25, 0.3) is 10.9 Å². The lowest BCUT2D eigenvalue weighted by Crippen LogP contribution is -2.42. The van der Waals surface area contributed by atoms with Crippen LogP contribution >= 0.6 is 0 Å². The van der Waals surface area contributed by atoms with Gasteiger partial charge in [-0.05, 0) is 12.1 Å². The van der Waals surface area contributed by atoms with Crippen LogP contribution in [-0.4, -0.2) is 42.0 Å². The first-order chi connectivity index (χ1) is 9.18. The molecule has 1 fully saturated rings. The predicted molar refractivity (Wildman–Crippen MR) is 63.6 cm³/mol. The highest BCUT2D eigenvalue weighted by Gasteiger charge is 2.24. The summed E-state index contributed by atoms with van der Waals surface area (Å²) in [5.74, 6) is -0.695. The summed E-state index contributed by atoms with van der Waals surface area (Å²) >= 11 is 0. The lowest BCUT2D eigenvalue weighted by atomic mass is 10.2. The van der Waals surface area contributed by atoms with Crippen LogP contribution in [0.4, 0.5) is 9.18 Å². The van der Waals surface area contributed by atoms with Crippen molar-refractivity contribution in [1.29, 1.82) is 0 Å². The molecule has 2 aromatic rings. The van der Waals surface area contributed by atoms with Crippen molar-refractivity contribution in [3.05, 3.63) is 34.4 Å². The number of hydrogen-bond donors (Lipinski definition) is 0. The number of amides is 1. The minimum Gasteiger partial charge on any atom is -0.378 e. The third-order valence-electron chi connectivity index (χ3n) is 3.04. The van der Waals surface area contributed by atoms with Crippen molar-refractivity contribution in [3.8, 4) is 0 Å². The van der Waals surface area contributed by atoms with E-state index < -0.39 is 17.5 Å². The van der Waals surface area contributed by atoms with Crippen molar-refractivity contribution in [1.82, 2.24) is 9.64 Å². The van der Waals surface area contributed by atoms with E-state index >= 15 is 0 Å². The molecule has 0 spiro atoms. The maximum absolute atomic E-state index is 13.5. The normalized spacial score (nSPS) is 15.9. The van der Waals surface area contributed by atoms with E-state index in [9.17, 15) is 14.0 Å². The molecule has 2 heterocycles. The monoisotopic (exact) mass is 266 g/mol. The molecule has 6 nitrogen and oxygen atoms in total. The molecule has 1 aliphatic rings. The molecule has 19 heavy (non-hydrogen) atoms. The van der Waals surface area contributed by atoms with Gasteiger partial charge >= 0.3 is 11.7 Å². The molecule has 0 bridgehead atoms. The molecule has 0 N–H and O–H groups in total. The Hall–Kier alpha value is -2.15. The van der Waals surface area contributed by atoms with Gasteiger partial charge in [-0.2, -0.15) is 0 Å². The first-order valence-corrected chi connectivity index (χ1v) is 5.86. The minimum absolute atomic E-state index is 0.140. The number of hydrogen-bond acceptors (Lipinski definition) is 4. The van der Waals surface area contributed by atoms with Crippen LogP contribution < -0.4 is 5.63 Å². The molecule has 1 amide bonds. The standard InChI is InChI=1S/C12H11FN2O4/c13-8-2-1-3-9-10(8)11(16)19-15(9)12(17)14-4-6-18-7-5-14/h1-3H,4-7H2. The number of carbonyl (C=O) groups is 1. The number of ether oxygens (including phenoxy) is 1. The van der Waals surface area contributed by atoms with E-state index in [0.717, 1.165) is 10.8 Å². The van der Waals surface area contributed by atoms with Crippen LogP contribution in [0.1, 0.15) is 0 Å². The molecule has 0 atom stereocenters. The second kappa shape index (κ2) is 4.51. The zero-order chi connectivity index (χ0) is 13.4. The first-order valence-electron chi connectivity index (χ1n) is 5.86. The van der Waals surface area contributed by atoms with E-state index in [2.05, 4.69) is 0 Å². The number of carbonyl (C=O) groups excluding carboxylic acids is 1. The molecule has 1 saturated heterocycles. The van der Waals surface area contributed by atoms with E-state index in [4.69, 9.17) is 9.26 Å². The van der Waals surface area contributed by atoms with Gasteiger partial charge in [-0.3, -0.25) is 0 Å². The second-order valence-electron chi connectivity index (χ2n) is 4.19. The van der Waals surface area contributed by atoms with E-state index in [1.54, 1.807) is 0 Å². The van der Waals surface area contributed by atoms with Crippen LogP contribution in [0.15, 0.2) is 27.5 Å². The van der Waals surface area contributed by atoms with E-state index in [1.165, 1.54) is 17.0 Å². The Balaban J connectivity index is 2.08. The molecule has 1 aromatic carbocycles. The fourth-order valence-corrected chi connectivity index (χ4v) is 2.09. The number of rotatable bonds is 0. The summed E-state index contributed by atoms with van der Waals surface area (Å²) in [5.41, 5.74) is -0.712. The van der Waals surface area contributed by atoms with Gasteiger partial charge in [-0.1, -0.05) is 6.07 Å². The maximum Gasteiger partial charge on any atom is 0.369 e. The fraction of sp³-hybridized carbons (Fsp3) is 0.333. The van der Waals surface area contributed by atoms with Crippen molar-refractivity contribution in [2.45, 2.75) is 0 Å². The molecule has 100 valence electrons. The van der Waals surface area contributed by atoms with E-state index in [1.807, 2.05) is 0 Å². The highest BCUT2D eigenvalue weighted by atomic mass is 19.1. The van der Waals surface area contributed by atoms with E-state index in [0.29, 0.717) is 26.3 Å². The Morgan fingerprint density at radius 3 is 2.74 bits per heavy atom. The van der Waals surface area contributed by atoms with E-state index in [-0.39, 0.29) is 10.9 Å². The van der Waals surface area contributed by atoms with Crippen LogP contribution in [0, 0.1) is 5.82 Å². The molecular weight excluding hydrogens is 255 g/mol. The third kappa shape index (κ3) is 1.91. The third-order valence-corrected chi connectivity index (χ3v) is 3.04. The Morgan fingerprint density at radius 2 is 2.00 bits per heavy atom. The highest BCUT2D eigenvalue weighted by molar-refractivity contribution is 5.89. The lowest BCUT2D eigenvalue weighted by molar-refractivity contribution is 0.0487. The van der Waals surface area contributed by atoms with Crippen molar-refractivity contribution in [3.63, 3.8) is 0 Å². The SMILES string of the molecule is O=C(N1CCOCC1)n1oc(=O)c2c(F)cccc21. The van der Waals surface area contributed by atoms with Gasteiger partial charge in [0.05, 0.1) is 13.2 Å². The smallest absolute Gasteiger partial charge is 0.369 e. The van der Waals surface area contributed by atoms with Gasteiger partial charge in [-0.25, -0.2) is 14.0 Å². The topological polar surface area (TPSA) is 64.7 Å². The van der Waals surface area contributed by atoms with Crippen LogP contribution in [0.5, 0.6) is 0 Å². The Bertz CT molecular complexity index is 685. The predicted octanol–water partition coefficient (Wildman–Crippen LogP) is 1.03. The Morgan fingerprint density at radius 1 is 1.26 bits per heavy atom. The summed E-state index contributed by atoms with van der Waals surface area (Å²) in [6.07, 6.45) is 0. The van der Waals surface area contributed by atoms with Gasteiger partial charge in [-0.15, -0.1) is 4.74 Å².